The molecule has 3 aromatic rings. The standard InChI is InChI=1S/C18H19F3N6O2/c19-18(20,21)29-12-7-5-10(6-8-12)25-17(28)14-13-15(22)23-9-24-16(13)27(26-14)11-3-1-2-4-11/h5-9,11,17,25,28H,1-4H2,(H2,22,23,24). The van der Waals surface area contributed by atoms with Crippen LogP contribution in [0.5, 0.6) is 5.75 Å². The van der Waals surface area contributed by atoms with Crippen molar-refractivity contribution in [3.05, 3.63) is 36.3 Å². The number of aromatic nitrogens is 4. The van der Waals surface area contributed by atoms with E-state index in [1.807, 2.05) is 0 Å². The Hall–Kier alpha value is -3.08. The quantitative estimate of drug-likeness (QED) is 0.554. The molecule has 1 unspecified atom stereocenters. The Morgan fingerprint density at radius 2 is 1.86 bits per heavy atom. The first kappa shape index (κ1) is 19.2. The molecule has 1 aliphatic rings. The fraction of sp³-hybridized carbons (Fsp3) is 0.389. The van der Waals surface area contributed by atoms with Crippen LogP contribution >= 0.6 is 0 Å². The summed E-state index contributed by atoms with van der Waals surface area (Å²) in [4.78, 5) is 8.28. The molecule has 1 aromatic carbocycles. The van der Waals surface area contributed by atoms with Crippen molar-refractivity contribution < 1.29 is 23.0 Å². The molecule has 1 saturated carbocycles. The van der Waals surface area contributed by atoms with Crippen LogP contribution in [0, 0.1) is 0 Å². The van der Waals surface area contributed by atoms with Crippen LogP contribution < -0.4 is 15.8 Å². The lowest BCUT2D eigenvalue weighted by Gasteiger charge is -2.14. The molecule has 1 aliphatic carbocycles. The van der Waals surface area contributed by atoms with Crippen LogP contribution in [0.15, 0.2) is 30.6 Å². The Bertz CT molecular complexity index is 999. The van der Waals surface area contributed by atoms with Crippen LogP contribution in [-0.4, -0.2) is 31.2 Å². The number of halogens is 3. The lowest BCUT2D eigenvalue weighted by molar-refractivity contribution is -0.274. The first-order valence-electron chi connectivity index (χ1n) is 9.11. The summed E-state index contributed by atoms with van der Waals surface area (Å²) >= 11 is 0. The fourth-order valence-electron chi connectivity index (χ4n) is 3.60. The highest BCUT2D eigenvalue weighted by Crippen LogP contribution is 2.35. The predicted molar refractivity (Wildman–Crippen MR) is 98.9 cm³/mol. The smallest absolute Gasteiger partial charge is 0.406 e. The highest BCUT2D eigenvalue weighted by molar-refractivity contribution is 5.88. The molecule has 2 aromatic heterocycles. The molecule has 0 amide bonds. The van der Waals surface area contributed by atoms with E-state index in [2.05, 4.69) is 25.1 Å². The number of alkyl halides is 3. The maximum Gasteiger partial charge on any atom is 0.573 e. The number of aliphatic hydroxyl groups is 1. The molecule has 0 radical (unpaired) electrons. The molecule has 8 nitrogen and oxygen atoms in total. The zero-order valence-electron chi connectivity index (χ0n) is 15.2. The number of aliphatic hydroxyl groups excluding tert-OH is 1. The van der Waals surface area contributed by atoms with E-state index in [-0.39, 0.29) is 23.3 Å². The first-order valence-corrected chi connectivity index (χ1v) is 9.11. The van der Waals surface area contributed by atoms with Crippen molar-refractivity contribution in [1.29, 1.82) is 0 Å². The summed E-state index contributed by atoms with van der Waals surface area (Å²) in [6, 6.07) is 5.19. The van der Waals surface area contributed by atoms with Gasteiger partial charge in [-0.1, -0.05) is 12.8 Å². The Morgan fingerprint density at radius 1 is 1.17 bits per heavy atom. The summed E-state index contributed by atoms with van der Waals surface area (Å²) in [6.45, 7) is 0. The topological polar surface area (TPSA) is 111 Å². The van der Waals surface area contributed by atoms with Gasteiger partial charge in [-0.05, 0) is 37.1 Å². The van der Waals surface area contributed by atoms with Gasteiger partial charge in [0.15, 0.2) is 11.9 Å². The number of hydrogen-bond donors (Lipinski definition) is 3. The Balaban J connectivity index is 1.61. The van der Waals surface area contributed by atoms with Crippen LogP contribution in [0.2, 0.25) is 0 Å². The van der Waals surface area contributed by atoms with Gasteiger partial charge in [0.2, 0.25) is 0 Å². The van der Waals surface area contributed by atoms with Crippen molar-refractivity contribution in [2.24, 2.45) is 0 Å². The molecule has 0 spiro atoms. The second-order valence-corrected chi connectivity index (χ2v) is 6.84. The van der Waals surface area contributed by atoms with Gasteiger partial charge in [-0.2, -0.15) is 5.10 Å². The third kappa shape index (κ3) is 4.04. The zero-order valence-corrected chi connectivity index (χ0v) is 15.2. The maximum absolute atomic E-state index is 12.3. The second-order valence-electron chi connectivity index (χ2n) is 6.84. The minimum atomic E-state index is -4.77. The van der Waals surface area contributed by atoms with Crippen molar-refractivity contribution in [2.45, 2.75) is 44.3 Å². The van der Waals surface area contributed by atoms with Crippen LogP contribution in [0.25, 0.3) is 11.0 Å². The van der Waals surface area contributed by atoms with Gasteiger partial charge in [-0.15, -0.1) is 13.2 Å². The molecule has 1 atom stereocenters. The molecule has 11 heteroatoms. The first-order chi connectivity index (χ1) is 13.8. The molecule has 0 bridgehead atoms. The summed E-state index contributed by atoms with van der Waals surface area (Å²) in [5, 5.41) is 18.5. The minimum absolute atomic E-state index is 0.173. The molecule has 29 heavy (non-hydrogen) atoms. The molecule has 1 fully saturated rings. The van der Waals surface area contributed by atoms with E-state index in [1.165, 1.54) is 18.5 Å². The lowest BCUT2D eigenvalue weighted by atomic mass is 10.2. The monoisotopic (exact) mass is 408 g/mol. The van der Waals surface area contributed by atoms with Gasteiger partial charge in [-0.25, -0.2) is 14.6 Å². The van der Waals surface area contributed by atoms with Crippen LogP contribution in [0.1, 0.15) is 43.6 Å². The number of anilines is 2. The molecule has 0 aliphatic heterocycles. The van der Waals surface area contributed by atoms with Gasteiger partial charge in [0.05, 0.1) is 11.4 Å². The van der Waals surface area contributed by atoms with Gasteiger partial charge in [-0.3, -0.25) is 0 Å². The van der Waals surface area contributed by atoms with Crippen LogP contribution in [-0.2, 0) is 0 Å². The van der Waals surface area contributed by atoms with E-state index in [0.717, 1.165) is 37.8 Å². The molecular weight excluding hydrogens is 389 g/mol. The number of benzene rings is 1. The number of nitrogens with zero attached hydrogens (tertiary/aromatic N) is 4. The third-order valence-electron chi connectivity index (χ3n) is 4.87. The molecule has 2 heterocycles. The molecule has 154 valence electrons. The highest BCUT2D eigenvalue weighted by atomic mass is 19.4. The Morgan fingerprint density at radius 3 is 2.52 bits per heavy atom. The van der Waals surface area contributed by atoms with Crippen molar-refractivity contribution >= 4 is 22.5 Å². The average molecular weight is 408 g/mol. The second kappa shape index (κ2) is 7.39. The number of fused-ring (bicyclic) bond motifs is 1. The summed E-state index contributed by atoms with van der Waals surface area (Å²) < 4.78 is 42.5. The number of nitrogen functional groups attached to an aromatic ring is 1. The maximum atomic E-state index is 12.3. The van der Waals surface area contributed by atoms with Crippen molar-refractivity contribution in [3.63, 3.8) is 0 Å². The molecular formula is C18H19F3N6O2. The van der Waals surface area contributed by atoms with Gasteiger partial charge in [0, 0.05) is 5.69 Å². The van der Waals surface area contributed by atoms with E-state index >= 15 is 0 Å². The van der Waals surface area contributed by atoms with Gasteiger partial charge >= 0.3 is 6.36 Å². The number of hydrogen-bond acceptors (Lipinski definition) is 7. The molecule has 4 N–H and O–H groups in total. The summed E-state index contributed by atoms with van der Waals surface area (Å²) in [5.41, 5.74) is 7.21. The Kier molecular flexibility index (Phi) is 4.91. The number of nitrogens with one attached hydrogen (secondary N) is 1. The van der Waals surface area contributed by atoms with E-state index in [1.54, 1.807) is 4.68 Å². The van der Waals surface area contributed by atoms with Crippen LogP contribution in [0.4, 0.5) is 24.7 Å². The van der Waals surface area contributed by atoms with Crippen molar-refractivity contribution in [2.75, 3.05) is 11.1 Å². The predicted octanol–water partition coefficient (Wildman–Crippen LogP) is 3.53. The van der Waals surface area contributed by atoms with E-state index in [0.29, 0.717) is 16.7 Å². The molecule has 0 saturated heterocycles. The van der Waals surface area contributed by atoms with Crippen molar-refractivity contribution in [3.8, 4) is 5.75 Å². The van der Waals surface area contributed by atoms with Crippen molar-refractivity contribution in [1.82, 2.24) is 19.7 Å². The lowest BCUT2D eigenvalue weighted by Crippen LogP contribution is -2.17. The van der Waals surface area contributed by atoms with E-state index in [9.17, 15) is 18.3 Å². The van der Waals surface area contributed by atoms with Crippen LogP contribution in [0.3, 0.4) is 0 Å². The third-order valence-corrected chi connectivity index (χ3v) is 4.87. The highest BCUT2D eigenvalue weighted by Gasteiger charge is 2.31. The largest absolute Gasteiger partial charge is 0.573 e. The average Bonchev–Trinajstić information content (AvgIpc) is 3.30. The normalized spacial score (nSPS) is 16.3. The Labute approximate surface area is 163 Å². The zero-order chi connectivity index (χ0) is 20.6. The van der Waals surface area contributed by atoms with Gasteiger partial charge in [0.25, 0.3) is 0 Å². The minimum Gasteiger partial charge on any atom is -0.406 e. The summed E-state index contributed by atoms with van der Waals surface area (Å²) in [6.07, 6.45) is -0.562. The fourth-order valence-corrected chi connectivity index (χ4v) is 3.60. The molecule has 4 rings (SSSR count). The SMILES string of the molecule is Nc1ncnc2c1c(C(O)Nc1ccc(OC(F)(F)F)cc1)nn2C1CCCC1. The number of rotatable bonds is 5. The van der Waals surface area contributed by atoms with Gasteiger partial charge < -0.3 is 20.9 Å². The van der Waals surface area contributed by atoms with E-state index in [4.69, 9.17) is 5.73 Å². The van der Waals surface area contributed by atoms with E-state index < -0.39 is 12.6 Å². The number of ether oxygens (including phenoxy) is 1. The summed E-state index contributed by atoms with van der Waals surface area (Å²) in [5.74, 6) is -0.157. The summed E-state index contributed by atoms with van der Waals surface area (Å²) in [7, 11) is 0. The number of nitrogens with two attached hydrogens (primary N) is 1. The van der Waals surface area contributed by atoms with Gasteiger partial charge in [0.1, 0.15) is 23.6 Å².